The minimum Gasteiger partial charge on any atom is -0.493 e. The third kappa shape index (κ3) is 5.45. The fourth-order valence-corrected chi connectivity index (χ4v) is 3.47. The molecule has 0 spiro atoms. The second-order valence-electron chi connectivity index (χ2n) is 7.14. The van der Waals surface area contributed by atoms with Crippen LogP contribution in [-0.4, -0.2) is 28.5 Å². The zero-order chi connectivity index (χ0) is 18.9. The maximum absolute atomic E-state index is 5.93. The molecule has 3 rings (SSSR count). The molecule has 6 nitrogen and oxygen atoms in total. The van der Waals surface area contributed by atoms with E-state index in [1.54, 1.807) is 7.11 Å². The summed E-state index contributed by atoms with van der Waals surface area (Å²) in [5.41, 5.74) is 1.18. The van der Waals surface area contributed by atoms with Crippen molar-refractivity contribution in [1.82, 2.24) is 20.1 Å². The lowest BCUT2D eigenvalue weighted by molar-refractivity contribution is 0.285. The van der Waals surface area contributed by atoms with Crippen molar-refractivity contribution in [2.75, 3.05) is 13.7 Å². The van der Waals surface area contributed by atoms with Gasteiger partial charge >= 0.3 is 0 Å². The molecule has 0 saturated carbocycles. The Morgan fingerprint density at radius 1 is 1.07 bits per heavy atom. The van der Waals surface area contributed by atoms with Crippen molar-refractivity contribution in [3.63, 3.8) is 0 Å². The number of unbranched alkanes of at least 4 members (excludes halogenated alkanes) is 2. The average Bonchev–Trinajstić information content (AvgIpc) is 2.92. The number of hydrogen-bond acceptors (Lipinski definition) is 5. The van der Waals surface area contributed by atoms with Crippen molar-refractivity contribution < 1.29 is 9.47 Å². The summed E-state index contributed by atoms with van der Waals surface area (Å²) in [5.74, 6) is 3.79. The zero-order valence-corrected chi connectivity index (χ0v) is 16.7. The van der Waals surface area contributed by atoms with E-state index in [0.29, 0.717) is 0 Å². The number of aromatic nitrogens is 3. The van der Waals surface area contributed by atoms with Crippen LogP contribution < -0.4 is 14.8 Å². The fourth-order valence-electron chi connectivity index (χ4n) is 3.47. The molecule has 1 aliphatic rings. The van der Waals surface area contributed by atoms with Crippen LogP contribution in [0.5, 0.6) is 11.5 Å². The topological polar surface area (TPSA) is 61.2 Å². The SMILES string of the molecule is CCCCCOc1cc(CNCc2nnc3n2CCCCC3)ccc1OC. The summed E-state index contributed by atoms with van der Waals surface area (Å²) in [7, 11) is 1.68. The zero-order valence-electron chi connectivity index (χ0n) is 16.7. The number of nitrogens with one attached hydrogen (secondary N) is 1. The molecule has 1 aliphatic heterocycles. The van der Waals surface area contributed by atoms with Gasteiger partial charge in [0.1, 0.15) is 11.6 Å². The van der Waals surface area contributed by atoms with Crippen LogP contribution >= 0.6 is 0 Å². The van der Waals surface area contributed by atoms with E-state index in [9.17, 15) is 0 Å². The molecule has 2 heterocycles. The Morgan fingerprint density at radius 2 is 2.00 bits per heavy atom. The summed E-state index contributed by atoms with van der Waals surface area (Å²) < 4.78 is 13.6. The summed E-state index contributed by atoms with van der Waals surface area (Å²) >= 11 is 0. The highest BCUT2D eigenvalue weighted by Gasteiger charge is 2.14. The lowest BCUT2D eigenvalue weighted by Gasteiger charge is -2.13. The molecule has 0 atom stereocenters. The highest BCUT2D eigenvalue weighted by Crippen LogP contribution is 2.28. The minimum absolute atomic E-state index is 0.728. The summed E-state index contributed by atoms with van der Waals surface area (Å²) in [4.78, 5) is 0. The van der Waals surface area contributed by atoms with Gasteiger partial charge in [0.25, 0.3) is 0 Å². The van der Waals surface area contributed by atoms with Gasteiger partial charge in [-0.1, -0.05) is 32.3 Å². The van der Waals surface area contributed by atoms with Crippen molar-refractivity contribution in [2.45, 2.75) is 71.5 Å². The van der Waals surface area contributed by atoms with Gasteiger partial charge in [0.2, 0.25) is 0 Å². The predicted molar refractivity (Wildman–Crippen MR) is 106 cm³/mol. The van der Waals surface area contributed by atoms with Crippen molar-refractivity contribution in [1.29, 1.82) is 0 Å². The van der Waals surface area contributed by atoms with Gasteiger partial charge in [-0.05, 0) is 37.0 Å². The standard InChI is InChI=1S/C21H32N4O2/c1-3-4-8-13-27-19-14-17(10-11-18(19)26-2)15-22-16-21-24-23-20-9-6-5-7-12-25(20)21/h10-11,14,22H,3-9,12-13,15-16H2,1-2H3. The van der Waals surface area contributed by atoms with Gasteiger partial charge in [0, 0.05) is 19.5 Å². The number of ether oxygens (including phenoxy) is 2. The molecule has 0 fully saturated rings. The summed E-state index contributed by atoms with van der Waals surface area (Å²) in [6, 6.07) is 6.13. The summed E-state index contributed by atoms with van der Waals surface area (Å²) in [6.07, 6.45) is 8.21. The molecule has 0 radical (unpaired) electrons. The molecule has 148 valence electrons. The minimum atomic E-state index is 0.728. The molecule has 0 saturated heterocycles. The van der Waals surface area contributed by atoms with Crippen molar-refractivity contribution in [3.05, 3.63) is 35.4 Å². The van der Waals surface area contributed by atoms with Crippen LogP contribution in [-0.2, 0) is 26.1 Å². The number of hydrogen-bond donors (Lipinski definition) is 1. The number of rotatable bonds is 10. The highest BCUT2D eigenvalue weighted by atomic mass is 16.5. The molecular weight excluding hydrogens is 340 g/mol. The van der Waals surface area contributed by atoms with Gasteiger partial charge in [0.15, 0.2) is 11.5 Å². The van der Waals surface area contributed by atoms with Crippen molar-refractivity contribution >= 4 is 0 Å². The van der Waals surface area contributed by atoms with E-state index >= 15 is 0 Å². The first-order chi connectivity index (χ1) is 13.3. The maximum Gasteiger partial charge on any atom is 0.161 e. The number of fused-ring (bicyclic) bond motifs is 1. The normalized spacial score (nSPS) is 13.9. The van der Waals surface area contributed by atoms with Gasteiger partial charge in [-0.25, -0.2) is 0 Å². The Hall–Kier alpha value is -2.08. The van der Waals surface area contributed by atoms with E-state index in [2.05, 4.69) is 39.1 Å². The first-order valence-corrected chi connectivity index (χ1v) is 10.2. The van der Waals surface area contributed by atoms with Crippen LogP contribution in [0.15, 0.2) is 18.2 Å². The smallest absolute Gasteiger partial charge is 0.161 e. The second-order valence-corrected chi connectivity index (χ2v) is 7.14. The molecule has 6 heteroatoms. The molecule has 1 N–H and O–H groups in total. The highest BCUT2D eigenvalue weighted by molar-refractivity contribution is 5.42. The van der Waals surface area contributed by atoms with E-state index in [1.807, 2.05) is 6.07 Å². The molecule has 0 unspecified atom stereocenters. The maximum atomic E-state index is 5.93. The molecular formula is C21H32N4O2. The predicted octanol–water partition coefficient (Wildman–Crippen LogP) is 3.87. The van der Waals surface area contributed by atoms with Gasteiger partial charge in [-0.2, -0.15) is 0 Å². The Morgan fingerprint density at radius 3 is 2.85 bits per heavy atom. The van der Waals surface area contributed by atoms with E-state index in [4.69, 9.17) is 9.47 Å². The van der Waals surface area contributed by atoms with E-state index in [0.717, 1.165) is 62.2 Å². The Balaban J connectivity index is 1.55. The Bertz CT molecular complexity index is 714. The van der Waals surface area contributed by atoms with Gasteiger partial charge in [-0.15, -0.1) is 10.2 Å². The largest absolute Gasteiger partial charge is 0.493 e. The van der Waals surface area contributed by atoms with E-state index in [1.165, 1.54) is 37.7 Å². The molecule has 1 aromatic carbocycles. The fraction of sp³-hybridized carbons (Fsp3) is 0.619. The molecule has 27 heavy (non-hydrogen) atoms. The summed E-state index contributed by atoms with van der Waals surface area (Å²) in [5, 5.41) is 12.2. The van der Waals surface area contributed by atoms with E-state index < -0.39 is 0 Å². The van der Waals surface area contributed by atoms with Crippen LogP contribution in [0.4, 0.5) is 0 Å². The molecule has 0 bridgehead atoms. The van der Waals surface area contributed by atoms with Gasteiger partial charge in [-0.3, -0.25) is 0 Å². The monoisotopic (exact) mass is 372 g/mol. The Labute approximate surface area is 162 Å². The molecule has 2 aromatic rings. The van der Waals surface area contributed by atoms with Crippen LogP contribution in [0, 0.1) is 0 Å². The number of methoxy groups -OCH3 is 1. The summed E-state index contributed by atoms with van der Waals surface area (Å²) in [6.45, 7) is 5.45. The van der Waals surface area contributed by atoms with Crippen LogP contribution in [0.1, 0.15) is 62.7 Å². The van der Waals surface area contributed by atoms with Crippen LogP contribution in [0.3, 0.4) is 0 Å². The quantitative estimate of drug-likeness (QED) is 0.642. The lowest BCUT2D eigenvalue weighted by atomic mass is 10.2. The third-order valence-corrected chi connectivity index (χ3v) is 5.03. The van der Waals surface area contributed by atoms with Crippen molar-refractivity contribution in [3.8, 4) is 11.5 Å². The first kappa shape index (κ1) is 19.7. The van der Waals surface area contributed by atoms with Gasteiger partial charge in [0.05, 0.1) is 20.3 Å². The number of aryl methyl sites for hydroxylation is 1. The number of benzene rings is 1. The molecule has 0 aliphatic carbocycles. The number of nitrogens with zero attached hydrogens (tertiary/aromatic N) is 3. The van der Waals surface area contributed by atoms with Crippen molar-refractivity contribution in [2.24, 2.45) is 0 Å². The third-order valence-electron chi connectivity index (χ3n) is 5.03. The van der Waals surface area contributed by atoms with Gasteiger partial charge < -0.3 is 19.4 Å². The average molecular weight is 373 g/mol. The molecule has 1 aromatic heterocycles. The van der Waals surface area contributed by atoms with Crippen LogP contribution in [0.25, 0.3) is 0 Å². The lowest BCUT2D eigenvalue weighted by Crippen LogP contribution is -2.17. The first-order valence-electron chi connectivity index (χ1n) is 10.2. The Kier molecular flexibility index (Phi) is 7.51. The van der Waals surface area contributed by atoms with Crippen LogP contribution in [0.2, 0.25) is 0 Å². The second kappa shape index (κ2) is 10.3. The van der Waals surface area contributed by atoms with E-state index in [-0.39, 0.29) is 0 Å². The molecule has 0 amide bonds.